The van der Waals surface area contributed by atoms with Crippen molar-refractivity contribution in [1.29, 1.82) is 0 Å². The summed E-state index contributed by atoms with van der Waals surface area (Å²) < 4.78 is 42.1. The minimum absolute atomic E-state index is 0.00364. The molecule has 0 aliphatic rings. The summed E-state index contributed by atoms with van der Waals surface area (Å²) in [4.78, 5) is 0. The predicted molar refractivity (Wildman–Crippen MR) is 62.2 cm³/mol. The lowest BCUT2D eigenvalue weighted by molar-refractivity contribution is 0.192. The normalized spacial score (nSPS) is 13.4. The monoisotopic (exact) mass is 262 g/mol. The number of hydrogen-bond acceptors (Lipinski definition) is 3. The van der Waals surface area contributed by atoms with Gasteiger partial charge in [0, 0.05) is 6.54 Å². The molecule has 0 aliphatic heterocycles. The number of ether oxygens (including phenoxy) is 1. The van der Waals surface area contributed by atoms with Crippen LogP contribution in [0.2, 0.25) is 0 Å². The quantitative estimate of drug-likeness (QED) is 0.794. The zero-order chi connectivity index (χ0) is 12.9. The average molecular weight is 262 g/mol. The van der Waals surface area contributed by atoms with Gasteiger partial charge in [-0.3, -0.25) is 0 Å². The van der Waals surface area contributed by atoms with Crippen LogP contribution in [-0.4, -0.2) is 21.1 Å². The fourth-order valence-electron chi connectivity index (χ4n) is 1.20. The van der Waals surface area contributed by atoms with Crippen LogP contribution in [-0.2, 0) is 10.2 Å². The van der Waals surface area contributed by atoms with Gasteiger partial charge in [0.2, 0.25) is 0 Å². The summed E-state index contributed by atoms with van der Waals surface area (Å²) in [5.74, 6) is -0.392. The Hall–Kier alpha value is -1.18. The van der Waals surface area contributed by atoms with E-state index in [9.17, 15) is 12.8 Å². The van der Waals surface area contributed by atoms with Gasteiger partial charge in [-0.2, -0.15) is 13.1 Å². The van der Waals surface area contributed by atoms with Gasteiger partial charge >= 0.3 is 0 Å². The highest BCUT2D eigenvalue weighted by atomic mass is 32.2. The van der Waals surface area contributed by atoms with Crippen molar-refractivity contribution in [3.8, 4) is 5.75 Å². The Morgan fingerprint density at radius 2 is 2.12 bits per heavy atom. The Bertz CT molecular complexity index is 464. The molecule has 0 saturated carbocycles. The van der Waals surface area contributed by atoms with E-state index in [1.165, 1.54) is 12.1 Å². The van der Waals surface area contributed by atoms with E-state index in [-0.39, 0.29) is 12.3 Å². The Morgan fingerprint density at radius 3 is 2.65 bits per heavy atom. The first-order valence-corrected chi connectivity index (χ1v) is 6.65. The van der Waals surface area contributed by atoms with Gasteiger partial charge in [0.15, 0.2) is 11.6 Å². The fraction of sp³-hybridized carbons (Fsp3) is 0.400. The molecule has 0 bridgehead atoms. The maximum Gasteiger partial charge on any atom is 0.274 e. The van der Waals surface area contributed by atoms with Crippen LogP contribution in [0.5, 0.6) is 5.75 Å². The van der Waals surface area contributed by atoms with Crippen LogP contribution >= 0.6 is 0 Å². The molecule has 0 spiro atoms. The number of halogens is 1. The van der Waals surface area contributed by atoms with E-state index in [1.54, 1.807) is 19.1 Å². The second-order valence-electron chi connectivity index (χ2n) is 3.47. The van der Waals surface area contributed by atoms with Gasteiger partial charge in [0.25, 0.3) is 10.2 Å². The van der Waals surface area contributed by atoms with Crippen LogP contribution in [0.3, 0.4) is 0 Å². The van der Waals surface area contributed by atoms with Crippen molar-refractivity contribution in [1.82, 2.24) is 4.72 Å². The van der Waals surface area contributed by atoms with Crippen LogP contribution in [0.1, 0.15) is 13.3 Å². The predicted octanol–water partition coefficient (Wildman–Crippen LogP) is 0.776. The highest BCUT2D eigenvalue weighted by Crippen LogP contribution is 2.17. The zero-order valence-corrected chi connectivity index (χ0v) is 10.2. The summed E-state index contributed by atoms with van der Waals surface area (Å²) in [7, 11) is -3.76. The minimum atomic E-state index is -3.76. The molecule has 96 valence electrons. The van der Waals surface area contributed by atoms with Crippen molar-refractivity contribution in [3.63, 3.8) is 0 Å². The zero-order valence-electron chi connectivity index (χ0n) is 9.39. The van der Waals surface area contributed by atoms with E-state index in [4.69, 9.17) is 9.88 Å². The summed E-state index contributed by atoms with van der Waals surface area (Å²) >= 11 is 0. The van der Waals surface area contributed by atoms with Crippen LogP contribution in [0.15, 0.2) is 24.3 Å². The Labute approximate surface area is 100.0 Å². The maximum absolute atomic E-state index is 13.3. The lowest BCUT2D eigenvalue weighted by atomic mass is 10.2. The summed E-state index contributed by atoms with van der Waals surface area (Å²) in [6.45, 7) is 1.81. The molecule has 1 aromatic rings. The van der Waals surface area contributed by atoms with Crippen LogP contribution in [0, 0.1) is 5.82 Å². The molecule has 5 nitrogen and oxygen atoms in total. The summed E-state index contributed by atoms with van der Waals surface area (Å²) in [6.07, 6.45) is 0.0573. The van der Waals surface area contributed by atoms with Crippen molar-refractivity contribution in [2.75, 3.05) is 6.54 Å². The van der Waals surface area contributed by atoms with E-state index < -0.39 is 22.1 Å². The van der Waals surface area contributed by atoms with Crippen molar-refractivity contribution in [2.45, 2.75) is 19.4 Å². The summed E-state index contributed by atoms with van der Waals surface area (Å²) in [5, 5.41) is 4.79. The average Bonchev–Trinajstić information content (AvgIpc) is 2.25. The molecular formula is C10H15FN2O3S. The second kappa shape index (κ2) is 5.95. The third-order valence-corrected chi connectivity index (χ3v) is 2.67. The largest absolute Gasteiger partial charge is 0.486 e. The number of para-hydroxylation sites is 1. The van der Waals surface area contributed by atoms with Crippen molar-refractivity contribution in [2.24, 2.45) is 5.14 Å². The molecule has 1 unspecified atom stereocenters. The first-order chi connectivity index (χ1) is 7.92. The number of nitrogens with two attached hydrogens (primary N) is 1. The molecule has 0 aliphatic carbocycles. The molecule has 3 N–H and O–H groups in total. The third kappa shape index (κ3) is 5.12. The van der Waals surface area contributed by atoms with Gasteiger partial charge in [-0.1, -0.05) is 19.1 Å². The molecule has 0 saturated heterocycles. The summed E-state index contributed by atoms with van der Waals surface area (Å²) in [5.41, 5.74) is 0. The van der Waals surface area contributed by atoms with E-state index >= 15 is 0 Å². The van der Waals surface area contributed by atoms with Gasteiger partial charge in [-0.05, 0) is 18.6 Å². The Balaban J connectivity index is 2.61. The molecular weight excluding hydrogens is 247 g/mol. The van der Waals surface area contributed by atoms with Crippen LogP contribution in [0.4, 0.5) is 4.39 Å². The molecule has 1 aromatic carbocycles. The van der Waals surface area contributed by atoms with Gasteiger partial charge in [0.1, 0.15) is 6.10 Å². The Kier molecular flexibility index (Phi) is 4.86. The smallest absolute Gasteiger partial charge is 0.274 e. The van der Waals surface area contributed by atoms with Gasteiger partial charge in [-0.25, -0.2) is 9.53 Å². The molecule has 0 heterocycles. The topological polar surface area (TPSA) is 81.4 Å². The fourth-order valence-corrected chi connectivity index (χ4v) is 1.62. The molecule has 1 rings (SSSR count). The first kappa shape index (κ1) is 13.9. The van der Waals surface area contributed by atoms with E-state index in [2.05, 4.69) is 4.72 Å². The maximum atomic E-state index is 13.3. The molecule has 0 aromatic heterocycles. The lowest BCUT2D eigenvalue weighted by Crippen LogP contribution is -2.38. The van der Waals surface area contributed by atoms with Crippen molar-refractivity contribution >= 4 is 10.2 Å². The molecule has 7 heteroatoms. The molecule has 0 amide bonds. The Morgan fingerprint density at radius 1 is 1.47 bits per heavy atom. The molecule has 1 atom stereocenters. The van der Waals surface area contributed by atoms with Crippen LogP contribution < -0.4 is 14.6 Å². The second-order valence-corrected chi connectivity index (χ2v) is 4.85. The van der Waals surface area contributed by atoms with E-state index in [1.807, 2.05) is 0 Å². The minimum Gasteiger partial charge on any atom is -0.486 e. The SMILES string of the molecule is CCC(CNS(N)(=O)=O)Oc1ccccc1F. The standard InChI is InChI=1S/C10H15FN2O3S/c1-2-8(7-13-17(12,14)15)16-10-6-4-3-5-9(10)11/h3-6,8,13H,2,7H2,1H3,(H2,12,14,15). The molecule has 0 fully saturated rings. The summed E-state index contributed by atoms with van der Waals surface area (Å²) in [6, 6.07) is 5.94. The highest BCUT2D eigenvalue weighted by Gasteiger charge is 2.13. The van der Waals surface area contributed by atoms with E-state index in [0.717, 1.165) is 0 Å². The number of hydrogen-bond donors (Lipinski definition) is 2. The van der Waals surface area contributed by atoms with Gasteiger partial charge in [-0.15, -0.1) is 0 Å². The van der Waals surface area contributed by atoms with Crippen molar-refractivity contribution in [3.05, 3.63) is 30.1 Å². The van der Waals surface area contributed by atoms with Crippen LogP contribution in [0.25, 0.3) is 0 Å². The number of rotatable bonds is 6. The van der Waals surface area contributed by atoms with Crippen molar-refractivity contribution < 1.29 is 17.5 Å². The molecule has 0 radical (unpaired) electrons. The first-order valence-electron chi connectivity index (χ1n) is 5.11. The number of benzene rings is 1. The van der Waals surface area contributed by atoms with Gasteiger partial charge < -0.3 is 4.74 Å². The lowest BCUT2D eigenvalue weighted by Gasteiger charge is -2.17. The number of nitrogens with one attached hydrogen (secondary N) is 1. The van der Waals surface area contributed by atoms with E-state index in [0.29, 0.717) is 6.42 Å². The third-order valence-electron chi connectivity index (χ3n) is 2.10. The van der Waals surface area contributed by atoms with Gasteiger partial charge in [0.05, 0.1) is 0 Å². The highest BCUT2D eigenvalue weighted by molar-refractivity contribution is 7.87. The molecule has 17 heavy (non-hydrogen) atoms.